The average molecular weight is 377 g/mol. The summed E-state index contributed by atoms with van der Waals surface area (Å²) in [4.78, 5) is 15.1. The van der Waals surface area contributed by atoms with E-state index in [0.717, 1.165) is 57.4 Å². The van der Waals surface area contributed by atoms with Gasteiger partial charge in [0.2, 0.25) is 0 Å². The standard InChI is InChI=1S/C24H27NO3/c1-15-8-9-16(2)19(12-15)24-21(14-23(26)27)20-13-18(10-11-22(20)25-24)28-17-6-4-3-5-7-17/h8-13,17,25H,3-7,14H2,1-2H3,(H,26,27). The maximum Gasteiger partial charge on any atom is 0.307 e. The van der Waals surface area contributed by atoms with Crippen LogP contribution in [0, 0.1) is 13.8 Å². The third-order valence-corrected chi connectivity index (χ3v) is 5.72. The second-order valence-electron chi connectivity index (χ2n) is 7.95. The zero-order valence-electron chi connectivity index (χ0n) is 16.5. The number of carbonyl (C=O) groups is 1. The highest BCUT2D eigenvalue weighted by Gasteiger charge is 2.19. The molecular weight excluding hydrogens is 350 g/mol. The number of aliphatic carboxylic acids is 1. The molecule has 4 rings (SSSR count). The normalized spacial score (nSPS) is 15.1. The van der Waals surface area contributed by atoms with Gasteiger partial charge in [-0.2, -0.15) is 0 Å². The van der Waals surface area contributed by atoms with E-state index in [-0.39, 0.29) is 12.5 Å². The molecule has 28 heavy (non-hydrogen) atoms. The van der Waals surface area contributed by atoms with Gasteiger partial charge in [-0.15, -0.1) is 0 Å². The molecule has 2 aromatic carbocycles. The summed E-state index contributed by atoms with van der Waals surface area (Å²) in [6, 6.07) is 12.3. The largest absolute Gasteiger partial charge is 0.490 e. The molecule has 0 unspecified atom stereocenters. The second-order valence-corrected chi connectivity index (χ2v) is 7.95. The van der Waals surface area contributed by atoms with Crippen LogP contribution in [0.3, 0.4) is 0 Å². The first-order valence-electron chi connectivity index (χ1n) is 10.1. The average Bonchev–Trinajstić information content (AvgIpc) is 3.02. The lowest BCUT2D eigenvalue weighted by molar-refractivity contribution is -0.136. The zero-order valence-corrected chi connectivity index (χ0v) is 16.5. The van der Waals surface area contributed by atoms with Gasteiger partial charge in [0, 0.05) is 16.5 Å². The van der Waals surface area contributed by atoms with Crippen LogP contribution in [0.2, 0.25) is 0 Å². The number of hydrogen-bond donors (Lipinski definition) is 2. The summed E-state index contributed by atoms with van der Waals surface area (Å²) < 4.78 is 6.22. The minimum Gasteiger partial charge on any atom is -0.490 e. The van der Waals surface area contributed by atoms with Crippen molar-refractivity contribution in [1.29, 1.82) is 0 Å². The molecule has 1 saturated carbocycles. The smallest absolute Gasteiger partial charge is 0.307 e. The van der Waals surface area contributed by atoms with Gasteiger partial charge in [0.05, 0.1) is 18.2 Å². The Kier molecular flexibility index (Phi) is 5.12. The first-order chi connectivity index (χ1) is 13.5. The quantitative estimate of drug-likeness (QED) is 0.591. The number of rotatable bonds is 5. The summed E-state index contributed by atoms with van der Waals surface area (Å²) >= 11 is 0. The number of aromatic nitrogens is 1. The summed E-state index contributed by atoms with van der Waals surface area (Å²) in [7, 11) is 0. The molecule has 4 heteroatoms. The van der Waals surface area contributed by atoms with Crippen molar-refractivity contribution in [2.45, 2.75) is 58.5 Å². The van der Waals surface area contributed by atoms with E-state index >= 15 is 0 Å². The molecule has 0 spiro atoms. The third kappa shape index (κ3) is 3.77. The fourth-order valence-electron chi connectivity index (χ4n) is 4.25. The van der Waals surface area contributed by atoms with E-state index in [0.29, 0.717) is 0 Å². The maximum absolute atomic E-state index is 11.6. The van der Waals surface area contributed by atoms with Gasteiger partial charge in [0.1, 0.15) is 5.75 Å². The van der Waals surface area contributed by atoms with Crippen LogP contribution in [0.4, 0.5) is 0 Å². The van der Waals surface area contributed by atoms with Crippen LogP contribution in [0.1, 0.15) is 48.8 Å². The minimum atomic E-state index is -0.828. The highest BCUT2D eigenvalue weighted by atomic mass is 16.5. The van der Waals surface area contributed by atoms with Crippen molar-refractivity contribution in [2.75, 3.05) is 0 Å². The molecule has 1 aliphatic carbocycles. The number of hydrogen-bond acceptors (Lipinski definition) is 2. The van der Waals surface area contributed by atoms with Gasteiger partial charge < -0.3 is 14.8 Å². The Bertz CT molecular complexity index is 1010. The number of carboxylic acids is 1. The first-order valence-corrected chi connectivity index (χ1v) is 10.1. The number of ether oxygens (including phenoxy) is 1. The molecule has 0 aliphatic heterocycles. The van der Waals surface area contributed by atoms with Gasteiger partial charge in [0.15, 0.2) is 0 Å². The van der Waals surface area contributed by atoms with Crippen LogP contribution in [0.5, 0.6) is 5.75 Å². The fraction of sp³-hybridized carbons (Fsp3) is 0.375. The van der Waals surface area contributed by atoms with Gasteiger partial charge in [-0.1, -0.05) is 24.1 Å². The number of nitrogens with one attached hydrogen (secondary N) is 1. The van der Waals surface area contributed by atoms with Crippen LogP contribution in [0.25, 0.3) is 22.2 Å². The molecule has 2 N–H and O–H groups in total. The summed E-state index contributed by atoms with van der Waals surface area (Å²) in [6.07, 6.45) is 6.18. The van der Waals surface area contributed by atoms with E-state index in [4.69, 9.17) is 4.74 Å². The zero-order chi connectivity index (χ0) is 19.7. The van der Waals surface area contributed by atoms with Crippen LogP contribution in [-0.2, 0) is 11.2 Å². The predicted molar refractivity (Wildman–Crippen MR) is 112 cm³/mol. The van der Waals surface area contributed by atoms with E-state index in [1.54, 1.807) is 0 Å². The first kappa shape index (κ1) is 18.6. The Morgan fingerprint density at radius 3 is 2.64 bits per heavy atom. The number of aromatic amines is 1. The van der Waals surface area contributed by atoms with Gasteiger partial charge in [0.25, 0.3) is 0 Å². The van der Waals surface area contributed by atoms with Gasteiger partial charge in [-0.3, -0.25) is 4.79 Å². The topological polar surface area (TPSA) is 62.3 Å². The van der Waals surface area contributed by atoms with Crippen molar-refractivity contribution in [2.24, 2.45) is 0 Å². The number of fused-ring (bicyclic) bond motifs is 1. The molecular formula is C24H27NO3. The highest BCUT2D eigenvalue weighted by molar-refractivity contribution is 5.95. The number of H-pyrrole nitrogens is 1. The molecule has 0 saturated heterocycles. The molecule has 0 atom stereocenters. The molecule has 0 bridgehead atoms. The Morgan fingerprint density at radius 2 is 1.89 bits per heavy atom. The van der Waals surface area contributed by atoms with Crippen LogP contribution >= 0.6 is 0 Å². The van der Waals surface area contributed by atoms with E-state index in [1.165, 1.54) is 19.3 Å². The van der Waals surface area contributed by atoms with Crippen LogP contribution in [-0.4, -0.2) is 22.2 Å². The lowest BCUT2D eigenvalue weighted by atomic mass is 9.97. The lowest BCUT2D eigenvalue weighted by Crippen LogP contribution is -2.19. The number of carboxylic acid groups (broad SMARTS) is 1. The molecule has 1 aliphatic rings. The molecule has 0 amide bonds. The highest BCUT2D eigenvalue weighted by Crippen LogP contribution is 2.35. The van der Waals surface area contributed by atoms with E-state index in [9.17, 15) is 9.90 Å². The fourth-order valence-corrected chi connectivity index (χ4v) is 4.25. The second kappa shape index (κ2) is 7.70. The van der Waals surface area contributed by atoms with Crippen molar-refractivity contribution in [3.63, 3.8) is 0 Å². The summed E-state index contributed by atoms with van der Waals surface area (Å²) in [5, 5.41) is 10.5. The third-order valence-electron chi connectivity index (χ3n) is 5.72. The van der Waals surface area contributed by atoms with Crippen LogP contribution < -0.4 is 4.74 Å². The van der Waals surface area contributed by atoms with E-state index < -0.39 is 5.97 Å². The number of benzene rings is 2. The molecule has 1 heterocycles. The van der Waals surface area contributed by atoms with Gasteiger partial charge >= 0.3 is 5.97 Å². The molecule has 0 radical (unpaired) electrons. The minimum absolute atomic E-state index is 0.0183. The number of aryl methyl sites for hydroxylation is 2. The van der Waals surface area contributed by atoms with Crippen molar-refractivity contribution < 1.29 is 14.6 Å². The summed E-state index contributed by atoms with van der Waals surface area (Å²) in [5.74, 6) is 0.00334. The summed E-state index contributed by atoms with van der Waals surface area (Å²) in [6.45, 7) is 4.11. The molecule has 3 aromatic rings. The van der Waals surface area contributed by atoms with Crippen LogP contribution in [0.15, 0.2) is 36.4 Å². The monoisotopic (exact) mass is 377 g/mol. The molecule has 4 nitrogen and oxygen atoms in total. The molecule has 1 aromatic heterocycles. The van der Waals surface area contributed by atoms with E-state index in [1.807, 2.05) is 18.2 Å². The molecule has 146 valence electrons. The molecule has 1 fully saturated rings. The van der Waals surface area contributed by atoms with Crippen molar-refractivity contribution in [3.05, 3.63) is 53.1 Å². The Labute approximate surface area is 165 Å². The SMILES string of the molecule is Cc1ccc(C)c(-c2[nH]c3ccc(OC4CCCCC4)cc3c2CC(=O)O)c1. The van der Waals surface area contributed by atoms with E-state index in [2.05, 4.69) is 37.0 Å². The van der Waals surface area contributed by atoms with Gasteiger partial charge in [-0.25, -0.2) is 0 Å². The maximum atomic E-state index is 11.6. The lowest BCUT2D eigenvalue weighted by Gasteiger charge is -2.23. The predicted octanol–water partition coefficient (Wildman–Crippen LogP) is 5.79. The Hall–Kier alpha value is -2.75. The van der Waals surface area contributed by atoms with Crippen molar-refractivity contribution in [1.82, 2.24) is 4.98 Å². The van der Waals surface area contributed by atoms with Crippen molar-refractivity contribution >= 4 is 16.9 Å². The Morgan fingerprint density at radius 1 is 1.11 bits per heavy atom. The van der Waals surface area contributed by atoms with Crippen molar-refractivity contribution in [3.8, 4) is 17.0 Å². The van der Waals surface area contributed by atoms with Gasteiger partial charge in [-0.05, 0) is 74.9 Å². The Balaban J connectivity index is 1.79. The summed E-state index contributed by atoms with van der Waals surface area (Å²) in [5.41, 5.74) is 6.01.